The molecule has 0 spiro atoms. The summed E-state index contributed by atoms with van der Waals surface area (Å²) in [6.45, 7) is 0.300. The minimum absolute atomic E-state index is 0.300. The van der Waals surface area contributed by atoms with E-state index < -0.39 is 18.0 Å². The van der Waals surface area contributed by atoms with Gasteiger partial charge >= 0.3 is 6.18 Å². The molecular weight excluding hydrogens is 333 g/mol. The summed E-state index contributed by atoms with van der Waals surface area (Å²) in [6, 6.07) is 7.61. The predicted octanol–water partition coefficient (Wildman–Crippen LogP) is 3.02. The highest BCUT2D eigenvalue weighted by atomic mass is 19.4. The van der Waals surface area contributed by atoms with Gasteiger partial charge < -0.3 is 5.11 Å². The van der Waals surface area contributed by atoms with Crippen LogP contribution >= 0.6 is 0 Å². The molecule has 0 saturated carbocycles. The van der Waals surface area contributed by atoms with E-state index in [9.17, 15) is 18.3 Å². The second-order valence-electron chi connectivity index (χ2n) is 5.56. The lowest BCUT2D eigenvalue weighted by molar-refractivity contribution is -0.141. The normalized spacial score (nSPS) is 13.0. The number of aliphatic hydroxyl groups excluding tert-OH is 1. The third-order valence-corrected chi connectivity index (χ3v) is 3.63. The van der Waals surface area contributed by atoms with Crippen molar-refractivity contribution in [3.63, 3.8) is 0 Å². The average molecular weight is 348 g/mol. The Hall–Kier alpha value is -2.74. The average Bonchev–Trinajstić information content (AvgIpc) is 3.02. The molecule has 8 heteroatoms. The Labute approximate surface area is 141 Å². The number of hydrogen-bond donors (Lipinski definition) is 1. The van der Waals surface area contributed by atoms with E-state index in [4.69, 9.17) is 0 Å². The van der Waals surface area contributed by atoms with Crippen molar-refractivity contribution in [1.29, 1.82) is 0 Å². The van der Waals surface area contributed by atoms with Gasteiger partial charge in [0.15, 0.2) is 0 Å². The molecule has 0 radical (unpaired) electrons. The molecule has 0 aliphatic heterocycles. The molecule has 0 aromatic carbocycles. The Morgan fingerprint density at radius 3 is 2.60 bits per heavy atom. The van der Waals surface area contributed by atoms with E-state index in [0.29, 0.717) is 29.8 Å². The van der Waals surface area contributed by atoms with E-state index in [1.807, 2.05) is 0 Å². The molecule has 0 amide bonds. The van der Waals surface area contributed by atoms with Crippen LogP contribution in [0, 0.1) is 0 Å². The molecule has 1 N–H and O–H groups in total. The maximum atomic E-state index is 12.5. The van der Waals surface area contributed by atoms with Crippen LogP contribution < -0.4 is 0 Å². The lowest BCUT2D eigenvalue weighted by Gasteiger charge is -2.08. The van der Waals surface area contributed by atoms with E-state index >= 15 is 0 Å². The number of pyridine rings is 2. The molecule has 130 valence electrons. The minimum Gasteiger partial charge on any atom is -0.388 e. The fraction of sp³-hybridized carbons (Fsp3) is 0.235. The van der Waals surface area contributed by atoms with Gasteiger partial charge in [-0.3, -0.25) is 14.6 Å². The van der Waals surface area contributed by atoms with Crippen molar-refractivity contribution >= 4 is 0 Å². The molecule has 0 aliphatic carbocycles. The number of rotatable bonds is 5. The highest BCUT2D eigenvalue weighted by Gasteiger charge is 2.31. The maximum absolute atomic E-state index is 12.5. The summed E-state index contributed by atoms with van der Waals surface area (Å²) >= 11 is 0. The number of alkyl halides is 3. The summed E-state index contributed by atoms with van der Waals surface area (Å²) in [7, 11) is 0. The number of aromatic nitrogens is 4. The van der Waals surface area contributed by atoms with Crippen LogP contribution in [0.1, 0.15) is 28.6 Å². The number of hydrogen-bond acceptors (Lipinski definition) is 4. The zero-order valence-corrected chi connectivity index (χ0v) is 13.1. The number of halogens is 3. The van der Waals surface area contributed by atoms with E-state index in [1.54, 1.807) is 41.5 Å². The van der Waals surface area contributed by atoms with Gasteiger partial charge in [-0.1, -0.05) is 12.1 Å². The van der Waals surface area contributed by atoms with Gasteiger partial charge in [0.25, 0.3) is 0 Å². The van der Waals surface area contributed by atoms with E-state index in [2.05, 4.69) is 15.1 Å². The van der Waals surface area contributed by atoms with Gasteiger partial charge in [-0.2, -0.15) is 18.3 Å². The standard InChI is InChI=1S/C17H15F3N4O/c18-17(19,20)16-4-3-12(9-22-16)11-24-7-5-14(23-24)8-15(25)13-2-1-6-21-10-13/h1-7,9-10,15,25H,8,11H2. The van der Waals surface area contributed by atoms with Crippen molar-refractivity contribution < 1.29 is 18.3 Å². The summed E-state index contributed by atoms with van der Waals surface area (Å²) in [5.74, 6) is 0. The highest BCUT2D eigenvalue weighted by Crippen LogP contribution is 2.27. The number of nitrogens with zero attached hydrogens (tertiary/aromatic N) is 4. The second kappa shape index (κ2) is 7.02. The van der Waals surface area contributed by atoms with Gasteiger partial charge in [0, 0.05) is 31.2 Å². The zero-order chi connectivity index (χ0) is 17.9. The summed E-state index contributed by atoms with van der Waals surface area (Å²) in [5.41, 5.74) is 1.06. The van der Waals surface area contributed by atoms with Gasteiger partial charge in [-0.05, 0) is 29.3 Å². The summed E-state index contributed by atoms with van der Waals surface area (Å²) in [6.07, 6.45) is 1.28. The van der Waals surface area contributed by atoms with Gasteiger partial charge in [0.1, 0.15) is 5.69 Å². The largest absolute Gasteiger partial charge is 0.433 e. The Morgan fingerprint density at radius 2 is 1.96 bits per heavy atom. The Balaban J connectivity index is 1.64. The quantitative estimate of drug-likeness (QED) is 0.770. The topological polar surface area (TPSA) is 63.8 Å². The van der Waals surface area contributed by atoms with Crippen LogP contribution in [0.25, 0.3) is 0 Å². The van der Waals surface area contributed by atoms with Gasteiger partial charge in [-0.25, -0.2) is 0 Å². The molecule has 0 aliphatic rings. The molecule has 3 aromatic rings. The first-order valence-corrected chi connectivity index (χ1v) is 7.54. The van der Waals surface area contributed by atoms with Crippen LogP contribution in [0.2, 0.25) is 0 Å². The third-order valence-electron chi connectivity index (χ3n) is 3.63. The first-order chi connectivity index (χ1) is 11.9. The van der Waals surface area contributed by atoms with E-state index in [0.717, 1.165) is 6.07 Å². The smallest absolute Gasteiger partial charge is 0.388 e. The van der Waals surface area contributed by atoms with Crippen LogP contribution in [-0.2, 0) is 19.1 Å². The van der Waals surface area contributed by atoms with E-state index in [1.165, 1.54) is 12.3 Å². The van der Waals surface area contributed by atoms with Crippen LogP contribution in [0.3, 0.4) is 0 Å². The van der Waals surface area contributed by atoms with Crippen molar-refractivity contribution in [2.24, 2.45) is 0 Å². The second-order valence-corrected chi connectivity index (χ2v) is 5.56. The zero-order valence-electron chi connectivity index (χ0n) is 13.1. The van der Waals surface area contributed by atoms with Crippen LogP contribution in [0.5, 0.6) is 0 Å². The van der Waals surface area contributed by atoms with Gasteiger partial charge in [0.05, 0.1) is 18.3 Å². The monoisotopic (exact) mass is 348 g/mol. The number of aliphatic hydroxyl groups is 1. The molecule has 0 saturated heterocycles. The summed E-state index contributed by atoms with van der Waals surface area (Å²) in [5, 5.41) is 14.5. The fourth-order valence-electron chi connectivity index (χ4n) is 2.36. The van der Waals surface area contributed by atoms with Crippen LogP contribution in [-0.4, -0.2) is 24.9 Å². The van der Waals surface area contributed by atoms with Crippen molar-refractivity contribution in [3.8, 4) is 0 Å². The van der Waals surface area contributed by atoms with Crippen LogP contribution in [0.15, 0.2) is 55.1 Å². The molecule has 1 unspecified atom stereocenters. The Morgan fingerprint density at radius 1 is 1.12 bits per heavy atom. The molecule has 1 atom stereocenters. The molecule has 0 fully saturated rings. The Kier molecular flexibility index (Phi) is 4.80. The lowest BCUT2D eigenvalue weighted by Crippen LogP contribution is -2.09. The fourth-order valence-corrected chi connectivity index (χ4v) is 2.36. The minimum atomic E-state index is -4.44. The third kappa shape index (κ3) is 4.42. The van der Waals surface area contributed by atoms with E-state index in [-0.39, 0.29) is 0 Å². The first-order valence-electron chi connectivity index (χ1n) is 7.54. The molecule has 25 heavy (non-hydrogen) atoms. The first kappa shape index (κ1) is 17.1. The van der Waals surface area contributed by atoms with Crippen LogP contribution in [0.4, 0.5) is 13.2 Å². The maximum Gasteiger partial charge on any atom is 0.433 e. The Bertz CT molecular complexity index is 816. The summed E-state index contributed by atoms with van der Waals surface area (Å²) in [4.78, 5) is 7.39. The molecule has 3 rings (SSSR count). The van der Waals surface area contributed by atoms with Gasteiger partial charge in [-0.15, -0.1) is 0 Å². The van der Waals surface area contributed by atoms with Crippen molar-refractivity contribution in [2.45, 2.75) is 25.2 Å². The van der Waals surface area contributed by atoms with Crippen molar-refractivity contribution in [3.05, 3.63) is 77.6 Å². The molecule has 5 nitrogen and oxygen atoms in total. The lowest BCUT2D eigenvalue weighted by atomic mass is 10.1. The SMILES string of the molecule is OC(Cc1ccn(Cc2ccc(C(F)(F)F)nc2)n1)c1cccnc1. The van der Waals surface area contributed by atoms with Crippen molar-refractivity contribution in [2.75, 3.05) is 0 Å². The van der Waals surface area contributed by atoms with Crippen molar-refractivity contribution in [1.82, 2.24) is 19.7 Å². The molecule has 3 heterocycles. The highest BCUT2D eigenvalue weighted by molar-refractivity contribution is 5.17. The van der Waals surface area contributed by atoms with Gasteiger partial charge in [0.2, 0.25) is 0 Å². The molecule has 3 aromatic heterocycles. The molecule has 0 bridgehead atoms. The predicted molar refractivity (Wildman–Crippen MR) is 83.5 cm³/mol. The molecular formula is C17H15F3N4O. The summed E-state index contributed by atoms with van der Waals surface area (Å²) < 4.78 is 39.1.